The van der Waals surface area contributed by atoms with Crippen LogP contribution in [-0.4, -0.2) is 71.2 Å². The highest BCUT2D eigenvalue weighted by Crippen LogP contribution is 2.44. The number of nitrogens with one attached hydrogen (secondary N) is 2. The van der Waals surface area contributed by atoms with Gasteiger partial charge >= 0.3 is 18.1 Å². The van der Waals surface area contributed by atoms with Crippen molar-refractivity contribution in [2.75, 3.05) is 18.9 Å². The van der Waals surface area contributed by atoms with Crippen molar-refractivity contribution in [3.05, 3.63) is 88.7 Å². The molecule has 0 bridgehead atoms. The van der Waals surface area contributed by atoms with Gasteiger partial charge in [0.1, 0.15) is 12.6 Å². The quantitative estimate of drug-likeness (QED) is 0.0332. The second-order valence-corrected chi connectivity index (χ2v) is 14.3. The number of carbonyl (C=O) groups excluding carboxylic acids is 4. The lowest BCUT2D eigenvalue weighted by Gasteiger charge is -2.29. The maximum Gasteiger partial charge on any atom is 0.417 e. The molecule has 10 nitrogen and oxygen atoms in total. The molecule has 3 aromatic carbocycles. The van der Waals surface area contributed by atoms with Crippen LogP contribution in [-0.2, 0) is 14.3 Å². The van der Waals surface area contributed by atoms with Gasteiger partial charge in [-0.25, -0.2) is 32.5 Å². The predicted molar refractivity (Wildman–Crippen MR) is 184 cm³/mol. The maximum atomic E-state index is 14.6. The number of unbranched alkanes of at least 4 members (excludes halogenated alkanes) is 2. The highest BCUT2D eigenvalue weighted by atomic mass is 32.2. The van der Waals surface area contributed by atoms with E-state index in [9.17, 15) is 41.1 Å². The average Bonchev–Trinajstić information content (AvgIpc) is 3.82. The molecule has 16 heteroatoms. The zero-order valence-electron chi connectivity index (χ0n) is 28.3. The molecule has 6 rings (SSSR count). The summed E-state index contributed by atoms with van der Waals surface area (Å²) in [5.41, 5.74) is 9.23. The van der Waals surface area contributed by atoms with Crippen molar-refractivity contribution in [1.29, 1.82) is 0 Å². The average molecular weight is 761 g/mol. The van der Waals surface area contributed by atoms with E-state index in [1.807, 2.05) is 48.5 Å². The summed E-state index contributed by atoms with van der Waals surface area (Å²) in [6, 6.07) is 12.9. The number of benzene rings is 3. The number of hydrogen-bond acceptors (Lipinski definition) is 8. The standard InChI is InChI=1S/C37H37F5N4O6S/c38-28-29(39)31(41)34(32(42)30(28)40)52-35(48)25(13-7-8-16-43)46(27(47)15-6-5-14-26-33-24(18-53-26)44-36(49)45-33)37(50)51-17-23-21-11-3-1-9-19(21)20-10-2-4-12-22(20)23/h1-4,9-12,23-26,33H,5-8,13-18,43H2,(H2,44,45,49)/t24-,25-,26-,33-/m0/s1. The Balaban J connectivity index is 1.24. The molecular weight excluding hydrogens is 723 g/mol. The van der Waals surface area contributed by atoms with Crippen LogP contribution in [0.3, 0.4) is 0 Å². The van der Waals surface area contributed by atoms with Crippen LogP contribution in [0.2, 0.25) is 0 Å². The number of halogens is 5. The van der Waals surface area contributed by atoms with Crippen LogP contribution in [0.25, 0.3) is 11.1 Å². The first-order chi connectivity index (χ1) is 25.5. The number of ether oxygens (including phenoxy) is 2. The zero-order valence-corrected chi connectivity index (χ0v) is 29.2. The first-order valence-corrected chi connectivity index (χ1v) is 18.4. The van der Waals surface area contributed by atoms with E-state index in [1.54, 1.807) is 11.8 Å². The van der Waals surface area contributed by atoms with Gasteiger partial charge in [0.2, 0.25) is 40.7 Å². The summed E-state index contributed by atoms with van der Waals surface area (Å²) in [4.78, 5) is 53.8. The van der Waals surface area contributed by atoms with E-state index < -0.39 is 64.8 Å². The number of hydrogen-bond donors (Lipinski definition) is 3. The molecule has 0 aromatic heterocycles. The minimum absolute atomic E-state index is 0.00112. The topological polar surface area (TPSA) is 140 Å². The third-order valence-electron chi connectivity index (χ3n) is 9.76. The zero-order chi connectivity index (χ0) is 37.8. The van der Waals surface area contributed by atoms with Crippen molar-refractivity contribution in [1.82, 2.24) is 15.5 Å². The highest BCUT2D eigenvalue weighted by molar-refractivity contribution is 8.00. The molecule has 282 valence electrons. The number of thioether (sulfide) groups is 1. The number of nitrogens with two attached hydrogens (primary N) is 1. The lowest BCUT2D eigenvalue weighted by molar-refractivity contribution is -0.147. The molecule has 3 aromatic rings. The van der Waals surface area contributed by atoms with E-state index >= 15 is 0 Å². The molecule has 2 aliphatic heterocycles. The van der Waals surface area contributed by atoms with Gasteiger partial charge in [0.05, 0.1) is 12.1 Å². The Bertz CT molecular complexity index is 1830. The van der Waals surface area contributed by atoms with Crippen LogP contribution in [0.5, 0.6) is 5.75 Å². The number of esters is 1. The summed E-state index contributed by atoms with van der Waals surface area (Å²) in [5, 5.41) is 5.85. The number of carbonyl (C=O) groups is 4. The molecule has 2 fully saturated rings. The largest absolute Gasteiger partial charge is 0.448 e. The van der Waals surface area contributed by atoms with Crippen molar-refractivity contribution >= 4 is 35.8 Å². The van der Waals surface area contributed by atoms with Gasteiger partial charge in [-0.15, -0.1) is 0 Å². The Morgan fingerprint density at radius 2 is 1.47 bits per heavy atom. The molecule has 3 aliphatic rings. The van der Waals surface area contributed by atoms with Crippen molar-refractivity contribution in [2.24, 2.45) is 5.73 Å². The number of fused-ring (bicyclic) bond motifs is 4. The lowest BCUT2D eigenvalue weighted by Crippen LogP contribution is -2.50. The summed E-state index contributed by atoms with van der Waals surface area (Å²) in [5.74, 6) is -16.0. The van der Waals surface area contributed by atoms with Gasteiger partial charge in [-0.2, -0.15) is 20.5 Å². The normalized spacial score (nSPS) is 19.1. The fraction of sp³-hybridized carbons (Fsp3) is 0.405. The van der Waals surface area contributed by atoms with Crippen molar-refractivity contribution in [3.8, 4) is 16.9 Å². The third kappa shape index (κ3) is 7.84. The third-order valence-corrected chi connectivity index (χ3v) is 11.3. The van der Waals surface area contributed by atoms with Crippen LogP contribution in [0.4, 0.5) is 31.5 Å². The van der Waals surface area contributed by atoms with E-state index in [1.165, 1.54) is 0 Å². The predicted octanol–water partition coefficient (Wildman–Crippen LogP) is 6.29. The number of urea groups is 1. The number of amides is 4. The first-order valence-electron chi connectivity index (χ1n) is 17.3. The van der Waals surface area contributed by atoms with E-state index in [0.29, 0.717) is 24.2 Å². The molecule has 0 unspecified atom stereocenters. The van der Waals surface area contributed by atoms with E-state index in [4.69, 9.17) is 15.2 Å². The summed E-state index contributed by atoms with van der Waals surface area (Å²) in [6.45, 7) is -0.102. The van der Waals surface area contributed by atoms with Crippen molar-refractivity contribution in [2.45, 2.75) is 74.2 Å². The molecule has 4 N–H and O–H groups in total. The van der Waals surface area contributed by atoms with Crippen LogP contribution in [0, 0.1) is 29.1 Å². The minimum Gasteiger partial charge on any atom is -0.448 e. The Labute approximate surface area is 305 Å². The minimum atomic E-state index is -2.45. The van der Waals surface area contributed by atoms with Gasteiger partial charge in [-0.1, -0.05) is 55.0 Å². The summed E-state index contributed by atoms with van der Waals surface area (Å²) < 4.78 is 81.5. The molecular formula is C37H37F5N4O6S. The Morgan fingerprint density at radius 1 is 0.849 bits per heavy atom. The van der Waals surface area contributed by atoms with Crippen molar-refractivity contribution < 1.29 is 50.6 Å². The number of nitrogens with zero attached hydrogens (tertiary/aromatic N) is 1. The SMILES string of the molecule is NCCCC[C@@H](C(=O)Oc1c(F)c(F)c(F)c(F)c1F)N(C(=O)CCCC[C@@H]1SC[C@@H]2NC(=O)N[C@@H]21)C(=O)OCC1c2ccccc2-c2ccccc21. The van der Waals surface area contributed by atoms with Gasteiger partial charge < -0.3 is 25.8 Å². The van der Waals surface area contributed by atoms with Gasteiger partial charge in [-0.05, 0) is 60.9 Å². The van der Waals surface area contributed by atoms with Crippen molar-refractivity contribution in [3.63, 3.8) is 0 Å². The summed E-state index contributed by atoms with van der Waals surface area (Å²) in [7, 11) is 0. The Kier molecular flexibility index (Phi) is 11.9. The molecule has 4 atom stereocenters. The smallest absolute Gasteiger partial charge is 0.417 e. The second kappa shape index (κ2) is 16.5. The highest BCUT2D eigenvalue weighted by Gasteiger charge is 2.43. The molecule has 53 heavy (non-hydrogen) atoms. The molecule has 0 radical (unpaired) electrons. The molecule has 0 saturated carbocycles. The lowest BCUT2D eigenvalue weighted by atomic mass is 9.98. The second-order valence-electron chi connectivity index (χ2n) is 13.1. The summed E-state index contributed by atoms with van der Waals surface area (Å²) >= 11 is 1.69. The molecule has 0 spiro atoms. The monoisotopic (exact) mass is 760 g/mol. The Hall–Kier alpha value is -4.70. The molecule has 2 saturated heterocycles. The molecule has 2 heterocycles. The van der Waals surface area contributed by atoms with Crippen LogP contribution >= 0.6 is 11.8 Å². The number of imide groups is 1. The van der Waals surface area contributed by atoms with Gasteiger partial charge in [0.25, 0.3) is 0 Å². The first kappa shape index (κ1) is 38.0. The van der Waals surface area contributed by atoms with E-state index in [2.05, 4.69) is 10.6 Å². The number of rotatable bonds is 14. The molecule has 4 amide bonds. The Morgan fingerprint density at radius 3 is 2.11 bits per heavy atom. The summed E-state index contributed by atoms with van der Waals surface area (Å²) in [6.07, 6.45) is -0.00977. The molecule has 1 aliphatic carbocycles. The van der Waals surface area contributed by atoms with Gasteiger partial charge in [0.15, 0.2) is 0 Å². The van der Waals surface area contributed by atoms with Gasteiger partial charge in [0, 0.05) is 23.3 Å². The van der Waals surface area contributed by atoms with Crippen LogP contribution < -0.4 is 21.1 Å². The van der Waals surface area contributed by atoms with E-state index in [-0.39, 0.29) is 62.2 Å². The van der Waals surface area contributed by atoms with Crippen LogP contribution in [0.1, 0.15) is 62.0 Å². The fourth-order valence-corrected chi connectivity index (χ4v) is 8.67. The maximum absolute atomic E-state index is 14.6. The van der Waals surface area contributed by atoms with Gasteiger partial charge in [-0.3, -0.25) is 4.79 Å². The fourth-order valence-electron chi connectivity index (χ4n) is 7.13. The van der Waals surface area contributed by atoms with E-state index in [0.717, 1.165) is 28.0 Å². The van der Waals surface area contributed by atoms with Crippen LogP contribution in [0.15, 0.2) is 48.5 Å².